The summed E-state index contributed by atoms with van der Waals surface area (Å²) in [5, 5.41) is 0. The first-order chi connectivity index (χ1) is 14.2. The minimum atomic E-state index is 0.484. The lowest BCUT2D eigenvalue weighted by atomic mass is 9.93. The van der Waals surface area contributed by atoms with Gasteiger partial charge >= 0.3 is 0 Å². The molecule has 0 aliphatic carbocycles. The Kier molecular flexibility index (Phi) is 20.3. The molecule has 0 saturated heterocycles. The molecular weight excluding hydrogens is 348 g/mol. The maximum absolute atomic E-state index is 2.24. The van der Waals surface area contributed by atoms with Crippen molar-refractivity contribution in [3.63, 3.8) is 0 Å². The van der Waals surface area contributed by atoms with Crippen molar-refractivity contribution in [1.29, 1.82) is 0 Å². The van der Waals surface area contributed by atoms with Gasteiger partial charge in [0, 0.05) is 5.92 Å². The number of hydrogen-bond donors (Lipinski definition) is 0. The van der Waals surface area contributed by atoms with Gasteiger partial charge in [0.05, 0.1) is 0 Å². The average molecular weight is 393 g/mol. The zero-order valence-electron chi connectivity index (χ0n) is 20.3. The summed E-state index contributed by atoms with van der Waals surface area (Å²) in [7, 11) is 0. The largest absolute Gasteiger partial charge is 0.0683 e. The molecule has 0 spiro atoms. The van der Waals surface area contributed by atoms with Gasteiger partial charge in [0.1, 0.15) is 0 Å². The van der Waals surface area contributed by atoms with Crippen LogP contribution in [0.2, 0.25) is 0 Å². The number of benzene rings is 3. The van der Waals surface area contributed by atoms with Crippen LogP contribution in [0.15, 0.2) is 91.0 Å². The molecule has 0 nitrogen and oxygen atoms in total. The maximum atomic E-state index is 2.24. The van der Waals surface area contributed by atoms with Crippen LogP contribution in [0.1, 0.15) is 90.8 Å². The van der Waals surface area contributed by atoms with Gasteiger partial charge in [0.15, 0.2) is 0 Å². The SMILES string of the molecule is CC.CC.CC.CC(C)c1ccccc1.CC(c1ccccc1)c1ccccc1. The highest BCUT2D eigenvalue weighted by Crippen LogP contribution is 2.22. The van der Waals surface area contributed by atoms with Gasteiger partial charge in [-0.3, -0.25) is 0 Å². The number of hydrogen-bond acceptors (Lipinski definition) is 0. The van der Waals surface area contributed by atoms with E-state index in [1.807, 2.05) is 47.6 Å². The summed E-state index contributed by atoms with van der Waals surface area (Å²) in [5.74, 6) is 1.14. The van der Waals surface area contributed by atoms with E-state index in [-0.39, 0.29) is 0 Å². The van der Waals surface area contributed by atoms with Crippen LogP contribution in [-0.2, 0) is 0 Å². The van der Waals surface area contributed by atoms with Crippen LogP contribution >= 0.6 is 0 Å². The van der Waals surface area contributed by atoms with Crippen LogP contribution in [-0.4, -0.2) is 0 Å². The monoisotopic (exact) mass is 392 g/mol. The first kappa shape index (κ1) is 28.9. The molecule has 0 saturated carbocycles. The van der Waals surface area contributed by atoms with Crippen molar-refractivity contribution in [3.05, 3.63) is 108 Å². The van der Waals surface area contributed by atoms with Crippen LogP contribution in [0.25, 0.3) is 0 Å². The second kappa shape index (κ2) is 20.4. The summed E-state index contributed by atoms with van der Waals surface area (Å²) < 4.78 is 0. The van der Waals surface area contributed by atoms with Gasteiger partial charge in [0.25, 0.3) is 0 Å². The molecule has 160 valence electrons. The minimum absolute atomic E-state index is 0.484. The van der Waals surface area contributed by atoms with Crippen molar-refractivity contribution in [3.8, 4) is 0 Å². The fourth-order valence-electron chi connectivity index (χ4n) is 2.51. The Morgan fingerprint density at radius 1 is 0.379 bits per heavy atom. The predicted molar refractivity (Wildman–Crippen MR) is 135 cm³/mol. The second-order valence-electron chi connectivity index (χ2n) is 6.11. The summed E-state index contributed by atoms with van der Waals surface area (Å²) in [5.41, 5.74) is 4.16. The quantitative estimate of drug-likeness (QED) is 0.416. The van der Waals surface area contributed by atoms with Gasteiger partial charge in [-0.05, 0) is 22.6 Å². The van der Waals surface area contributed by atoms with E-state index < -0.39 is 0 Å². The van der Waals surface area contributed by atoms with Crippen molar-refractivity contribution < 1.29 is 0 Å². The topological polar surface area (TPSA) is 0 Å². The lowest BCUT2D eigenvalue weighted by Crippen LogP contribution is -1.94. The Labute approximate surface area is 182 Å². The van der Waals surface area contributed by atoms with Crippen molar-refractivity contribution in [2.75, 3.05) is 0 Å². The smallest absolute Gasteiger partial charge is 0.00610 e. The molecule has 0 radical (unpaired) electrons. The van der Waals surface area contributed by atoms with E-state index in [1.165, 1.54) is 16.7 Å². The van der Waals surface area contributed by atoms with Gasteiger partial charge in [-0.1, -0.05) is 153 Å². The van der Waals surface area contributed by atoms with E-state index in [0.29, 0.717) is 11.8 Å². The fraction of sp³-hybridized carbons (Fsp3) is 0.379. The summed E-state index contributed by atoms with van der Waals surface area (Å²) in [6.45, 7) is 18.6. The van der Waals surface area contributed by atoms with E-state index in [4.69, 9.17) is 0 Å². The maximum Gasteiger partial charge on any atom is 0.00610 e. The molecule has 0 aliphatic rings. The van der Waals surface area contributed by atoms with Gasteiger partial charge < -0.3 is 0 Å². The Bertz CT molecular complexity index is 615. The van der Waals surface area contributed by atoms with Crippen molar-refractivity contribution in [1.82, 2.24) is 0 Å². The molecule has 0 atom stereocenters. The molecule has 3 rings (SSSR count). The van der Waals surface area contributed by atoms with Gasteiger partial charge in [-0.2, -0.15) is 0 Å². The summed E-state index contributed by atoms with van der Waals surface area (Å²) >= 11 is 0. The first-order valence-electron chi connectivity index (χ1n) is 11.3. The average Bonchev–Trinajstić information content (AvgIpc) is 2.84. The highest BCUT2D eigenvalue weighted by Gasteiger charge is 2.05. The Morgan fingerprint density at radius 3 is 0.828 bits per heavy atom. The van der Waals surface area contributed by atoms with E-state index in [0.717, 1.165) is 0 Å². The van der Waals surface area contributed by atoms with Crippen LogP contribution < -0.4 is 0 Å². The Morgan fingerprint density at radius 2 is 0.621 bits per heavy atom. The molecule has 0 unspecified atom stereocenters. The Balaban J connectivity index is 0. The van der Waals surface area contributed by atoms with Crippen molar-refractivity contribution >= 4 is 0 Å². The van der Waals surface area contributed by atoms with Gasteiger partial charge in [-0.15, -0.1) is 0 Å². The summed E-state index contributed by atoms with van der Waals surface area (Å²) in [4.78, 5) is 0. The molecule has 29 heavy (non-hydrogen) atoms. The Hall–Kier alpha value is -2.34. The van der Waals surface area contributed by atoms with Crippen LogP contribution in [0.5, 0.6) is 0 Å². The molecule has 0 heteroatoms. The molecule has 0 fully saturated rings. The van der Waals surface area contributed by atoms with E-state index >= 15 is 0 Å². The third-order valence-corrected chi connectivity index (χ3v) is 4.07. The van der Waals surface area contributed by atoms with Crippen LogP contribution in [0, 0.1) is 0 Å². The first-order valence-corrected chi connectivity index (χ1v) is 11.3. The van der Waals surface area contributed by atoms with Crippen molar-refractivity contribution in [2.24, 2.45) is 0 Å². The molecule has 0 bridgehead atoms. The van der Waals surface area contributed by atoms with Gasteiger partial charge in [0.2, 0.25) is 0 Å². The summed E-state index contributed by atoms with van der Waals surface area (Å²) in [6.07, 6.45) is 0. The molecule has 3 aromatic carbocycles. The van der Waals surface area contributed by atoms with Crippen LogP contribution in [0.3, 0.4) is 0 Å². The highest BCUT2D eigenvalue weighted by atomic mass is 14.1. The second-order valence-corrected chi connectivity index (χ2v) is 6.11. The molecule has 0 heterocycles. The third kappa shape index (κ3) is 12.7. The zero-order chi connectivity index (χ0) is 22.5. The predicted octanol–water partition coefficient (Wildman–Crippen LogP) is 9.73. The number of rotatable bonds is 3. The molecule has 0 aromatic heterocycles. The zero-order valence-corrected chi connectivity index (χ0v) is 20.3. The lowest BCUT2D eigenvalue weighted by molar-refractivity contribution is 0.867. The minimum Gasteiger partial charge on any atom is -0.0683 e. The molecule has 3 aromatic rings. The van der Waals surface area contributed by atoms with Gasteiger partial charge in [-0.25, -0.2) is 0 Å². The van der Waals surface area contributed by atoms with Crippen LogP contribution in [0.4, 0.5) is 0 Å². The third-order valence-electron chi connectivity index (χ3n) is 4.07. The van der Waals surface area contributed by atoms with E-state index in [9.17, 15) is 0 Å². The molecular formula is C29H44. The van der Waals surface area contributed by atoms with Crippen molar-refractivity contribution in [2.45, 2.75) is 74.1 Å². The fourth-order valence-corrected chi connectivity index (χ4v) is 2.51. The van der Waals surface area contributed by atoms with E-state index in [1.54, 1.807) is 0 Å². The summed E-state index contributed by atoms with van der Waals surface area (Å²) in [6, 6.07) is 31.7. The molecule has 0 N–H and O–H groups in total. The standard InChI is InChI=1S/C14H14.C9H12.3C2H6/c1-12(13-8-4-2-5-9-13)14-10-6-3-7-11-14;1-8(2)9-6-4-3-5-7-9;3*1-2/h2-12H,1H3;3-8H,1-2H3;3*1-2H3. The molecule has 0 aliphatic heterocycles. The van der Waals surface area contributed by atoms with E-state index in [2.05, 4.69) is 106 Å². The highest BCUT2D eigenvalue weighted by molar-refractivity contribution is 5.31. The lowest BCUT2D eigenvalue weighted by Gasteiger charge is -2.11. The normalized spacial score (nSPS) is 8.79. The molecule has 0 amide bonds.